The van der Waals surface area contributed by atoms with E-state index in [0.717, 1.165) is 42.3 Å². The molecule has 34 heavy (non-hydrogen) atoms. The first-order valence-electron chi connectivity index (χ1n) is 12.3. The quantitative estimate of drug-likeness (QED) is 0.585. The van der Waals surface area contributed by atoms with Crippen molar-refractivity contribution in [1.29, 1.82) is 0 Å². The molecular formula is C26H31ClN2O4S. The summed E-state index contributed by atoms with van der Waals surface area (Å²) in [6, 6.07) is 7.57. The summed E-state index contributed by atoms with van der Waals surface area (Å²) < 4.78 is 6.51. The number of thiophene rings is 1. The maximum Gasteiger partial charge on any atom is 0.225 e. The van der Waals surface area contributed by atoms with Crippen LogP contribution in [0.2, 0.25) is 0 Å². The Labute approximate surface area is 209 Å². The average molecular weight is 503 g/mol. The van der Waals surface area contributed by atoms with E-state index in [1.807, 2.05) is 23.6 Å². The van der Waals surface area contributed by atoms with Gasteiger partial charge in [-0.25, -0.2) is 0 Å². The van der Waals surface area contributed by atoms with E-state index in [-0.39, 0.29) is 42.3 Å². The van der Waals surface area contributed by atoms with Crippen LogP contribution in [0, 0.1) is 5.92 Å². The van der Waals surface area contributed by atoms with Crippen LogP contribution < -0.4 is 10.1 Å². The third-order valence-corrected chi connectivity index (χ3v) is 9.90. The van der Waals surface area contributed by atoms with Crippen LogP contribution in [0.25, 0.3) is 0 Å². The fourth-order valence-corrected chi connectivity index (χ4v) is 8.16. The normalized spacial score (nSPS) is 35.1. The second-order valence-corrected chi connectivity index (χ2v) is 11.8. The summed E-state index contributed by atoms with van der Waals surface area (Å²) in [7, 11) is 0. The summed E-state index contributed by atoms with van der Waals surface area (Å²) in [5.41, 5.74) is 0.699. The predicted octanol–water partition coefficient (Wildman–Crippen LogP) is 3.17. The number of benzene rings is 1. The largest absolute Gasteiger partial charge is 0.504 e. The van der Waals surface area contributed by atoms with E-state index in [1.165, 1.54) is 18.4 Å². The highest BCUT2D eigenvalue weighted by molar-refractivity contribution is 7.10. The number of piperidine rings is 1. The number of nitrogens with one attached hydrogen (secondary N) is 1. The molecule has 0 radical (unpaired) electrons. The van der Waals surface area contributed by atoms with Crippen LogP contribution in [-0.2, 0) is 23.1 Å². The van der Waals surface area contributed by atoms with Crippen molar-refractivity contribution < 1.29 is 19.7 Å². The Hall–Kier alpha value is -1.80. The zero-order valence-corrected chi connectivity index (χ0v) is 20.7. The first kappa shape index (κ1) is 22.7. The molecule has 5 aliphatic rings. The molecule has 5 atom stereocenters. The molecule has 1 saturated heterocycles. The standard InChI is InChI=1S/C26H30N2O4S.ClH/c29-19-6-5-16-12-20-26(31)8-7-18(27-21(30)13-17-2-1-11-33-17)24-25(26,22(16)23(19)32-24)9-10-28(20)14-15-3-4-15;/h1-2,5-6,11,15,18,20,24,29,31H,3-4,7-10,12-14H2,(H,27,30);1H/t18-,20-,24+,25+,26-;/m1./s1. The van der Waals surface area contributed by atoms with Gasteiger partial charge in [-0.15, -0.1) is 23.7 Å². The minimum atomic E-state index is -0.911. The van der Waals surface area contributed by atoms with Gasteiger partial charge < -0.3 is 20.3 Å². The van der Waals surface area contributed by atoms with Gasteiger partial charge in [-0.2, -0.15) is 0 Å². The van der Waals surface area contributed by atoms with E-state index in [9.17, 15) is 15.0 Å². The third-order valence-electron chi connectivity index (χ3n) is 9.02. The molecule has 1 spiro atoms. The number of hydrogen-bond acceptors (Lipinski definition) is 6. The Morgan fingerprint density at radius 3 is 2.85 bits per heavy atom. The van der Waals surface area contributed by atoms with Crippen LogP contribution in [0.3, 0.4) is 0 Å². The first-order chi connectivity index (χ1) is 16.0. The number of nitrogens with zero attached hydrogens (tertiary/aromatic N) is 1. The maximum absolute atomic E-state index is 12.9. The monoisotopic (exact) mass is 502 g/mol. The lowest BCUT2D eigenvalue weighted by molar-refractivity contribution is -0.192. The van der Waals surface area contributed by atoms with E-state index < -0.39 is 11.0 Å². The molecule has 3 heterocycles. The number of phenolic OH excluding ortho intramolecular Hbond substituents is 1. The summed E-state index contributed by atoms with van der Waals surface area (Å²) in [6.45, 7) is 1.99. The molecule has 1 aromatic carbocycles. The molecule has 2 bridgehead atoms. The van der Waals surface area contributed by atoms with Gasteiger partial charge in [-0.1, -0.05) is 12.1 Å². The Kier molecular flexibility index (Phi) is 5.23. The molecule has 3 aliphatic carbocycles. The number of carbonyl (C=O) groups excluding carboxylic acids is 1. The molecule has 6 nitrogen and oxygen atoms in total. The number of carbonyl (C=O) groups is 1. The summed E-state index contributed by atoms with van der Waals surface area (Å²) in [6.07, 6.45) is 5.48. The lowest BCUT2D eigenvalue weighted by atomic mass is 9.48. The van der Waals surface area contributed by atoms with Crippen LogP contribution in [0.5, 0.6) is 11.5 Å². The maximum atomic E-state index is 12.9. The van der Waals surface area contributed by atoms with Gasteiger partial charge in [0, 0.05) is 23.0 Å². The molecule has 8 heteroatoms. The minimum Gasteiger partial charge on any atom is -0.504 e. The molecule has 7 rings (SSSR count). The Morgan fingerprint density at radius 1 is 1.24 bits per heavy atom. The fourth-order valence-electron chi connectivity index (χ4n) is 7.46. The van der Waals surface area contributed by atoms with E-state index in [4.69, 9.17) is 4.74 Å². The summed E-state index contributed by atoms with van der Waals surface area (Å²) >= 11 is 1.59. The SMILES string of the molecule is Cl.O=C(Cc1cccs1)N[C@@H]1CC[C@@]2(O)[C@H]3Cc4ccc(O)c5c4[C@@]2(CCN3CC2CC2)[C@H]1O5. The van der Waals surface area contributed by atoms with Crippen LogP contribution in [0.4, 0.5) is 0 Å². The lowest BCUT2D eigenvalue weighted by Gasteiger charge is -2.64. The number of amides is 1. The molecule has 2 aliphatic heterocycles. The van der Waals surface area contributed by atoms with Crippen molar-refractivity contribution in [3.8, 4) is 11.5 Å². The van der Waals surface area contributed by atoms with Crippen LogP contribution in [-0.4, -0.2) is 57.9 Å². The van der Waals surface area contributed by atoms with Crippen LogP contribution >= 0.6 is 23.7 Å². The van der Waals surface area contributed by atoms with Crippen molar-refractivity contribution in [1.82, 2.24) is 10.2 Å². The van der Waals surface area contributed by atoms with Crippen molar-refractivity contribution in [2.45, 2.75) is 74.1 Å². The zero-order valence-electron chi connectivity index (χ0n) is 19.0. The molecule has 3 N–H and O–H groups in total. The second kappa shape index (κ2) is 7.85. The predicted molar refractivity (Wildman–Crippen MR) is 132 cm³/mol. The number of rotatable bonds is 5. The fraction of sp³-hybridized carbons (Fsp3) is 0.577. The lowest BCUT2D eigenvalue weighted by Crippen LogP contribution is -2.78. The van der Waals surface area contributed by atoms with Crippen molar-refractivity contribution in [3.63, 3.8) is 0 Å². The summed E-state index contributed by atoms with van der Waals surface area (Å²) in [5.74, 6) is 1.43. The van der Waals surface area contributed by atoms with Gasteiger partial charge in [-0.05, 0) is 74.1 Å². The van der Waals surface area contributed by atoms with Crippen molar-refractivity contribution in [2.75, 3.05) is 13.1 Å². The van der Waals surface area contributed by atoms with Gasteiger partial charge in [0.15, 0.2) is 11.5 Å². The van der Waals surface area contributed by atoms with Gasteiger partial charge in [-0.3, -0.25) is 9.69 Å². The van der Waals surface area contributed by atoms with Crippen LogP contribution in [0.1, 0.15) is 48.1 Å². The third kappa shape index (κ3) is 3.03. The molecule has 2 aromatic rings. The molecular weight excluding hydrogens is 472 g/mol. The molecule has 3 fully saturated rings. The van der Waals surface area contributed by atoms with Gasteiger partial charge in [0.1, 0.15) is 6.10 Å². The number of halogens is 1. The molecule has 182 valence electrons. The topological polar surface area (TPSA) is 82.0 Å². The number of likely N-dealkylation sites (tertiary alicyclic amines) is 1. The first-order valence-corrected chi connectivity index (χ1v) is 13.2. The Balaban J connectivity index is 0.00000217. The highest BCUT2D eigenvalue weighted by Crippen LogP contribution is 2.65. The minimum absolute atomic E-state index is 0. The highest BCUT2D eigenvalue weighted by Gasteiger charge is 2.73. The number of hydrogen-bond donors (Lipinski definition) is 3. The van der Waals surface area contributed by atoms with E-state index in [2.05, 4.69) is 10.2 Å². The van der Waals surface area contributed by atoms with Gasteiger partial charge in [0.05, 0.1) is 23.5 Å². The molecule has 0 unspecified atom stereocenters. The number of phenols is 1. The van der Waals surface area contributed by atoms with Crippen molar-refractivity contribution in [2.24, 2.45) is 5.92 Å². The van der Waals surface area contributed by atoms with E-state index in [1.54, 1.807) is 17.4 Å². The van der Waals surface area contributed by atoms with Crippen molar-refractivity contribution in [3.05, 3.63) is 45.6 Å². The van der Waals surface area contributed by atoms with Gasteiger partial charge in [0.2, 0.25) is 5.91 Å². The summed E-state index contributed by atoms with van der Waals surface area (Å²) in [4.78, 5) is 16.5. The molecule has 2 saturated carbocycles. The van der Waals surface area contributed by atoms with Gasteiger partial charge in [0.25, 0.3) is 0 Å². The van der Waals surface area contributed by atoms with E-state index >= 15 is 0 Å². The summed E-state index contributed by atoms with van der Waals surface area (Å²) in [5, 5.41) is 28.4. The average Bonchev–Trinajstić information content (AvgIpc) is 3.31. The second-order valence-electron chi connectivity index (χ2n) is 10.8. The number of aliphatic hydroxyl groups is 1. The number of aromatic hydroxyl groups is 1. The number of ether oxygens (including phenoxy) is 1. The highest BCUT2D eigenvalue weighted by atomic mass is 35.5. The Morgan fingerprint density at radius 2 is 2.09 bits per heavy atom. The molecule has 1 amide bonds. The van der Waals surface area contributed by atoms with Crippen LogP contribution in [0.15, 0.2) is 29.6 Å². The van der Waals surface area contributed by atoms with E-state index in [0.29, 0.717) is 25.0 Å². The smallest absolute Gasteiger partial charge is 0.225 e. The zero-order chi connectivity index (χ0) is 22.4. The van der Waals surface area contributed by atoms with Gasteiger partial charge >= 0.3 is 0 Å². The van der Waals surface area contributed by atoms with Crippen molar-refractivity contribution >= 4 is 29.7 Å². The molecule has 1 aromatic heterocycles. The Bertz CT molecular complexity index is 1120.